The van der Waals surface area contributed by atoms with Crippen molar-refractivity contribution < 1.29 is 24.5 Å². The van der Waals surface area contributed by atoms with E-state index in [0.717, 1.165) is 39.1 Å². The van der Waals surface area contributed by atoms with E-state index in [1.54, 1.807) is 53.5 Å². The van der Waals surface area contributed by atoms with Gasteiger partial charge in [0.05, 0.1) is 30.1 Å². The van der Waals surface area contributed by atoms with Crippen LogP contribution < -0.4 is 5.32 Å². The molecule has 0 unspecified atom stereocenters. The fraction of sp³-hybridized carbons (Fsp3) is 0.184. The van der Waals surface area contributed by atoms with E-state index in [1.807, 2.05) is 66.7 Å². The molecule has 1 aliphatic rings. The molecule has 252 valence electrons. The second-order valence-electron chi connectivity index (χ2n) is 11.8. The molecule has 7 rings (SSSR count). The van der Waals surface area contributed by atoms with E-state index in [1.165, 1.54) is 11.8 Å². The number of aliphatic hydroxyl groups excluding tert-OH is 1. The molecule has 0 spiro atoms. The number of amides is 1. The Morgan fingerprint density at radius 3 is 2.44 bits per heavy atom. The van der Waals surface area contributed by atoms with Gasteiger partial charge in [-0.2, -0.15) is 4.68 Å². The van der Waals surface area contributed by atoms with Crippen LogP contribution in [0.3, 0.4) is 0 Å². The molecular weight excluding hydrogens is 653 g/mol. The summed E-state index contributed by atoms with van der Waals surface area (Å²) in [7, 11) is 0. The van der Waals surface area contributed by atoms with Gasteiger partial charge in [-0.1, -0.05) is 78.5 Å². The number of benzene rings is 4. The van der Waals surface area contributed by atoms with E-state index < -0.39 is 6.29 Å². The predicted molar refractivity (Wildman–Crippen MR) is 187 cm³/mol. The average molecular weight is 687 g/mol. The number of aromatic nitrogens is 5. The van der Waals surface area contributed by atoms with Gasteiger partial charge in [-0.05, 0) is 80.7 Å². The molecule has 1 fully saturated rings. The standard InChI is InChI=1S/C38H34N6O5S/c45-23-25-6-8-28(9-7-25)35-20-34(24-50-38-41-42-43-44(38)32-14-16-33(46)17-15-32)48-37(49-35)29-12-10-27(11-13-29)30-4-1-3-26(19-30)21-40-36(47)31-5-2-18-39-22-31/h1-19,22,34-35,37,45-46H,20-21,23-24H2,(H,40,47)/t34-,35+,37+/m0/s1. The lowest BCUT2D eigenvalue weighted by molar-refractivity contribution is -0.245. The van der Waals surface area contributed by atoms with Crippen LogP contribution in [-0.2, 0) is 22.6 Å². The summed E-state index contributed by atoms with van der Waals surface area (Å²) < 4.78 is 14.7. The largest absolute Gasteiger partial charge is 0.508 e. The summed E-state index contributed by atoms with van der Waals surface area (Å²) in [6, 6.07) is 34.2. The second kappa shape index (κ2) is 15.4. The Hall–Kier alpha value is -5.40. The molecule has 1 saturated heterocycles. The SMILES string of the molecule is O=C(NCc1cccc(-c2ccc([C@@H]3O[C@H](CSc4nnnn4-c4ccc(O)cc4)C[C@H](c4ccc(CO)cc4)O3)cc2)c1)c1cccnc1. The molecule has 3 atom stereocenters. The molecule has 0 saturated carbocycles. The molecule has 0 radical (unpaired) electrons. The summed E-state index contributed by atoms with van der Waals surface area (Å²) in [5.74, 6) is 0.571. The fourth-order valence-corrected chi connectivity index (χ4v) is 6.60. The van der Waals surface area contributed by atoms with Crippen LogP contribution in [0.5, 0.6) is 5.75 Å². The first-order valence-electron chi connectivity index (χ1n) is 16.1. The molecule has 1 aliphatic heterocycles. The van der Waals surface area contributed by atoms with Crippen molar-refractivity contribution in [3.05, 3.63) is 149 Å². The highest BCUT2D eigenvalue weighted by Gasteiger charge is 2.32. The van der Waals surface area contributed by atoms with Crippen LogP contribution in [0, 0.1) is 0 Å². The summed E-state index contributed by atoms with van der Waals surface area (Å²) >= 11 is 1.49. The first-order valence-corrected chi connectivity index (χ1v) is 17.1. The maximum absolute atomic E-state index is 12.5. The molecule has 4 aromatic carbocycles. The lowest BCUT2D eigenvalue weighted by atomic mass is 9.99. The predicted octanol–water partition coefficient (Wildman–Crippen LogP) is 6.19. The monoisotopic (exact) mass is 686 g/mol. The first kappa shape index (κ1) is 33.1. The van der Waals surface area contributed by atoms with E-state index in [4.69, 9.17) is 9.47 Å². The third-order valence-electron chi connectivity index (χ3n) is 8.37. The summed E-state index contributed by atoms with van der Waals surface area (Å²) in [5, 5.41) is 35.0. The number of thioether (sulfide) groups is 1. The van der Waals surface area contributed by atoms with Crippen molar-refractivity contribution in [2.24, 2.45) is 0 Å². The fourth-order valence-electron chi connectivity index (χ4n) is 5.69. The number of nitrogens with zero attached hydrogens (tertiary/aromatic N) is 5. The van der Waals surface area contributed by atoms with E-state index in [0.29, 0.717) is 29.4 Å². The molecule has 6 aromatic rings. The zero-order valence-electron chi connectivity index (χ0n) is 26.9. The normalized spacial score (nSPS) is 17.3. The van der Waals surface area contributed by atoms with Crippen LogP contribution in [0.2, 0.25) is 0 Å². The van der Waals surface area contributed by atoms with Gasteiger partial charge in [-0.15, -0.1) is 5.10 Å². The van der Waals surface area contributed by atoms with Gasteiger partial charge in [0, 0.05) is 36.7 Å². The molecule has 2 aromatic heterocycles. The zero-order valence-corrected chi connectivity index (χ0v) is 27.7. The summed E-state index contributed by atoms with van der Waals surface area (Å²) in [6.45, 7) is 0.368. The van der Waals surface area contributed by atoms with Crippen molar-refractivity contribution in [2.75, 3.05) is 5.75 Å². The highest BCUT2D eigenvalue weighted by Crippen LogP contribution is 2.40. The summed E-state index contributed by atoms with van der Waals surface area (Å²) in [5.41, 5.74) is 7.01. The molecule has 12 heteroatoms. The van der Waals surface area contributed by atoms with Crippen molar-refractivity contribution in [2.45, 2.75) is 43.2 Å². The number of ether oxygens (including phenoxy) is 2. The minimum absolute atomic E-state index is 0.0259. The van der Waals surface area contributed by atoms with Gasteiger partial charge in [-0.3, -0.25) is 9.78 Å². The Kier molecular flexibility index (Phi) is 10.2. The van der Waals surface area contributed by atoms with Gasteiger partial charge in [0.1, 0.15) is 5.75 Å². The number of carbonyl (C=O) groups is 1. The number of phenols is 1. The van der Waals surface area contributed by atoms with Gasteiger partial charge in [-0.25, -0.2) is 0 Å². The summed E-state index contributed by atoms with van der Waals surface area (Å²) in [6.07, 6.45) is 2.76. The third-order valence-corrected chi connectivity index (χ3v) is 9.42. The van der Waals surface area contributed by atoms with E-state index >= 15 is 0 Å². The number of nitrogens with one attached hydrogen (secondary N) is 1. The van der Waals surface area contributed by atoms with Crippen LogP contribution in [0.15, 0.2) is 127 Å². The highest BCUT2D eigenvalue weighted by atomic mass is 32.2. The van der Waals surface area contributed by atoms with Gasteiger partial charge in [0.25, 0.3) is 5.91 Å². The Balaban J connectivity index is 1.06. The van der Waals surface area contributed by atoms with Crippen LogP contribution in [0.25, 0.3) is 16.8 Å². The van der Waals surface area contributed by atoms with Crippen molar-refractivity contribution in [1.29, 1.82) is 0 Å². The number of aromatic hydroxyl groups is 1. The summed E-state index contributed by atoms with van der Waals surface area (Å²) in [4.78, 5) is 16.5. The van der Waals surface area contributed by atoms with Gasteiger partial charge < -0.3 is 25.0 Å². The van der Waals surface area contributed by atoms with E-state index in [2.05, 4.69) is 31.9 Å². The van der Waals surface area contributed by atoms with Crippen molar-refractivity contribution in [1.82, 2.24) is 30.5 Å². The Bertz CT molecular complexity index is 2020. The topological polar surface area (TPSA) is 145 Å². The van der Waals surface area contributed by atoms with Crippen LogP contribution >= 0.6 is 11.8 Å². The maximum atomic E-state index is 12.5. The molecule has 1 amide bonds. The molecule has 0 aliphatic carbocycles. The lowest BCUT2D eigenvalue weighted by Gasteiger charge is -2.36. The number of carbonyl (C=O) groups excluding carboxylic acids is 1. The van der Waals surface area contributed by atoms with Gasteiger partial charge >= 0.3 is 0 Å². The molecule has 0 bridgehead atoms. The van der Waals surface area contributed by atoms with Crippen LogP contribution in [-0.4, -0.2) is 53.2 Å². The lowest BCUT2D eigenvalue weighted by Crippen LogP contribution is -2.31. The van der Waals surface area contributed by atoms with Gasteiger partial charge in [0.2, 0.25) is 5.16 Å². The smallest absolute Gasteiger partial charge is 0.253 e. The van der Waals surface area contributed by atoms with Crippen molar-refractivity contribution >= 4 is 17.7 Å². The van der Waals surface area contributed by atoms with E-state index in [9.17, 15) is 15.0 Å². The Labute approximate surface area is 292 Å². The minimum Gasteiger partial charge on any atom is -0.508 e. The van der Waals surface area contributed by atoms with Crippen molar-refractivity contribution in [3.63, 3.8) is 0 Å². The maximum Gasteiger partial charge on any atom is 0.253 e. The average Bonchev–Trinajstić information content (AvgIpc) is 3.65. The number of hydrogen-bond acceptors (Lipinski definition) is 10. The molecule has 3 N–H and O–H groups in total. The third kappa shape index (κ3) is 7.90. The van der Waals surface area contributed by atoms with Crippen molar-refractivity contribution in [3.8, 4) is 22.6 Å². The minimum atomic E-state index is -0.618. The highest BCUT2D eigenvalue weighted by molar-refractivity contribution is 7.99. The second-order valence-corrected chi connectivity index (χ2v) is 12.8. The number of phenolic OH excluding ortho intramolecular Hbond substituents is 1. The van der Waals surface area contributed by atoms with E-state index in [-0.39, 0.29) is 30.5 Å². The number of tetrazole rings is 1. The molecule has 11 nitrogen and oxygen atoms in total. The number of pyridine rings is 1. The number of rotatable bonds is 11. The first-order chi connectivity index (χ1) is 24.5. The zero-order chi connectivity index (χ0) is 34.3. The molecule has 3 heterocycles. The Morgan fingerprint density at radius 1 is 0.880 bits per heavy atom. The molecule has 50 heavy (non-hydrogen) atoms. The number of hydrogen-bond donors (Lipinski definition) is 3. The van der Waals surface area contributed by atoms with Gasteiger partial charge in [0.15, 0.2) is 6.29 Å². The van der Waals surface area contributed by atoms with Crippen LogP contribution in [0.4, 0.5) is 0 Å². The quantitative estimate of drug-likeness (QED) is 0.135. The number of aliphatic hydroxyl groups is 1. The van der Waals surface area contributed by atoms with Crippen LogP contribution in [0.1, 0.15) is 51.4 Å². The Morgan fingerprint density at radius 2 is 1.68 bits per heavy atom. The molecular formula is C38H34N6O5S.